The highest BCUT2D eigenvalue weighted by Crippen LogP contribution is 2.34. The first-order valence-electron chi connectivity index (χ1n) is 5.54. The lowest BCUT2D eigenvalue weighted by Crippen LogP contribution is -2.12. The molecule has 1 aliphatic carbocycles. The molecule has 0 bridgehead atoms. The van der Waals surface area contributed by atoms with Crippen LogP contribution >= 0.6 is 11.8 Å². The number of nitrogens with two attached hydrogens (primary N) is 1. The first-order chi connectivity index (χ1) is 7.31. The molecular formula is C10H18N4S. The summed E-state index contributed by atoms with van der Waals surface area (Å²) in [6.45, 7) is 3.45. The van der Waals surface area contributed by atoms with Gasteiger partial charge in [0.2, 0.25) is 0 Å². The lowest BCUT2D eigenvalue weighted by molar-refractivity contribution is 0.627. The van der Waals surface area contributed by atoms with Crippen molar-refractivity contribution >= 4 is 11.8 Å². The zero-order valence-electron chi connectivity index (χ0n) is 9.15. The second-order valence-electron chi connectivity index (χ2n) is 4.05. The van der Waals surface area contributed by atoms with Crippen molar-refractivity contribution in [1.82, 2.24) is 14.8 Å². The van der Waals surface area contributed by atoms with Gasteiger partial charge >= 0.3 is 0 Å². The number of nitrogens with zero attached hydrogens (tertiary/aromatic N) is 3. The van der Waals surface area contributed by atoms with Gasteiger partial charge in [-0.1, -0.05) is 24.6 Å². The van der Waals surface area contributed by atoms with Crippen molar-refractivity contribution in [3.8, 4) is 0 Å². The Hall–Kier alpha value is -0.550. The van der Waals surface area contributed by atoms with Gasteiger partial charge in [0.15, 0.2) is 5.16 Å². The first-order valence-corrected chi connectivity index (χ1v) is 6.52. The van der Waals surface area contributed by atoms with Gasteiger partial charge in [-0.25, -0.2) is 0 Å². The molecule has 2 rings (SSSR count). The molecule has 0 radical (unpaired) electrons. The zero-order valence-corrected chi connectivity index (χ0v) is 9.96. The summed E-state index contributed by atoms with van der Waals surface area (Å²) in [5.74, 6) is 3.12. The Labute approximate surface area is 94.6 Å². The van der Waals surface area contributed by atoms with Crippen LogP contribution in [0, 0.1) is 12.8 Å². The molecule has 1 aromatic heterocycles. The van der Waals surface area contributed by atoms with E-state index < -0.39 is 0 Å². The van der Waals surface area contributed by atoms with Crippen LogP contribution in [0.3, 0.4) is 0 Å². The first kappa shape index (κ1) is 11.0. The Morgan fingerprint density at radius 1 is 1.47 bits per heavy atom. The summed E-state index contributed by atoms with van der Waals surface area (Å²) < 4.78 is 2.11. The number of hydrogen-bond donors (Lipinski definition) is 1. The van der Waals surface area contributed by atoms with E-state index in [1.54, 1.807) is 0 Å². The molecule has 4 nitrogen and oxygen atoms in total. The standard InChI is InChI=1S/C10H18N4S/c1-8-12-13-10(14(8)6-5-11)15-7-4-9-2-3-9/h9H,2-7,11H2,1H3. The van der Waals surface area contributed by atoms with Crippen LogP contribution < -0.4 is 5.73 Å². The van der Waals surface area contributed by atoms with Crippen LogP contribution in [0.1, 0.15) is 25.1 Å². The molecule has 0 saturated heterocycles. The number of rotatable bonds is 6. The molecular weight excluding hydrogens is 208 g/mol. The monoisotopic (exact) mass is 226 g/mol. The summed E-state index contributed by atoms with van der Waals surface area (Å²) in [4.78, 5) is 0. The minimum absolute atomic E-state index is 0.648. The van der Waals surface area contributed by atoms with E-state index in [1.165, 1.54) is 19.3 Å². The van der Waals surface area contributed by atoms with Gasteiger partial charge in [-0.15, -0.1) is 10.2 Å². The topological polar surface area (TPSA) is 56.7 Å². The van der Waals surface area contributed by atoms with Crippen molar-refractivity contribution in [2.24, 2.45) is 11.7 Å². The van der Waals surface area contributed by atoms with Crippen molar-refractivity contribution in [1.29, 1.82) is 0 Å². The number of hydrogen-bond acceptors (Lipinski definition) is 4. The quantitative estimate of drug-likeness (QED) is 0.746. The van der Waals surface area contributed by atoms with Gasteiger partial charge in [0.05, 0.1) is 0 Å². The minimum Gasteiger partial charge on any atom is -0.329 e. The van der Waals surface area contributed by atoms with E-state index in [9.17, 15) is 0 Å². The zero-order chi connectivity index (χ0) is 10.7. The van der Waals surface area contributed by atoms with E-state index in [0.717, 1.165) is 29.2 Å². The van der Waals surface area contributed by atoms with Crippen molar-refractivity contribution in [3.05, 3.63) is 5.82 Å². The number of aryl methyl sites for hydroxylation is 1. The molecule has 0 unspecified atom stereocenters. The second kappa shape index (κ2) is 4.99. The van der Waals surface area contributed by atoms with E-state index in [1.807, 2.05) is 18.7 Å². The molecule has 0 atom stereocenters. The lowest BCUT2D eigenvalue weighted by Gasteiger charge is -2.05. The number of thioether (sulfide) groups is 1. The smallest absolute Gasteiger partial charge is 0.191 e. The Morgan fingerprint density at radius 3 is 2.93 bits per heavy atom. The van der Waals surface area contributed by atoms with Crippen LogP contribution in [-0.4, -0.2) is 27.1 Å². The van der Waals surface area contributed by atoms with Crippen LogP contribution in [0.25, 0.3) is 0 Å². The van der Waals surface area contributed by atoms with E-state index in [-0.39, 0.29) is 0 Å². The molecule has 84 valence electrons. The maximum absolute atomic E-state index is 5.56. The largest absolute Gasteiger partial charge is 0.329 e. The maximum atomic E-state index is 5.56. The number of aromatic nitrogens is 3. The predicted molar refractivity (Wildman–Crippen MR) is 61.9 cm³/mol. The molecule has 1 aliphatic rings. The molecule has 5 heteroatoms. The van der Waals surface area contributed by atoms with Gasteiger partial charge in [0, 0.05) is 18.8 Å². The fraction of sp³-hybridized carbons (Fsp3) is 0.800. The van der Waals surface area contributed by atoms with Gasteiger partial charge in [-0.05, 0) is 19.3 Å². The van der Waals surface area contributed by atoms with Crippen LogP contribution in [0.2, 0.25) is 0 Å². The van der Waals surface area contributed by atoms with Crippen LogP contribution in [-0.2, 0) is 6.54 Å². The average Bonchev–Trinajstić information content (AvgIpc) is 2.98. The molecule has 0 aliphatic heterocycles. The average molecular weight is 226 g/mol. The van der Waals surface area contributed by atoms with Gasteiger partial charge < -0.3 is 10.3 Å². The predicted octanol–water partition coefficient (Wildman–Crippen LogP) is 1.44. The van der Waals surface area contributed by atoms with Crippen molar-refractivity contribution in [2.75, 3.05) is 12.3 Å². The fourth-order valence-corrected chi connectivity index (χ4v) is 2.69. The van der Waals surface area contributed by atoms with Crippen LogP contribution in [0.4, 0.5) is 0 Å². The lowest BCUT2D eigenvalue weighted by atomic mass is 10.3. The molecule has 1 aromatic rings. The van der Waals surface area contributed by atoms with E-state index in [4.69, 9.17) is 5.73 Å². The Morgan fingerprint density at radius 2 is 2.27 bits per heavy atom. The third-order valence-electron chi connectivity index (χ3n) is 2.71. The van der Waals surface area contributed by atoms with Crippen LogP contribution in [0.5, 0.6) is 0 Å². The van der Waals surface area contributed by atoms with E-state index in [0.29, 0.717) is 6.54 Å². The summed E-state index contributed by atoms with van der Waals surface area (Å²) >= 11 is 1.81. The Kier molecular flexibility index (Phi) is 3.64. The van der Waals surface area contributed by atoms with Crippen molar-refractivity contribution < 1.29 is 0 Å². The highest BCUT2D eigenvalue weighted by molar-refractivity contribution is 7.99. The second-order valence-corrected chi connectivity index (χ2v) is 5.11. The molecule has 2 N–H and O–H groups in total. The fourth-order valence-electron chi connectivity index (χ4n) is 1.58. The summed E-state index contributed by atoms with van der Waals surface area (Å²) in [5, 5.41) is 9.28. The summed E-state index contributed by atoms with van der Waals surface area (Å²) in [7, 11) is 0. The van der Waals surface area contributed by atoms with Gasteiger partial charge in [-0.3, -0.25) is 0 Å². The SMILES string of the molecule is Cc1nnc(SCCC2CC2)n1CCN. The molecule has 1 saturated carbocycles. The molecule has 1 heterocycles. The maximum Gasteiger partial charge on any atom is 0.191 e. The van der Waals surface area contributed by atoms with Gasteiger partial charge in [0.25, 0.3) is 0 Å². The molecule has 0 aromatic carbocycles. The third-order valence-corrected chi connectivity index (χ3v) is 3.71. The summed E-state index contributed by atoms with van der Waals surface area (Å²) in [5.41, 5.74) is 5.56. The third kappa shape index (κ3) is 2.95. The van der Waals surface area contributed by atoms with Crippen molar-refractivity contribution in [3.63, 3.8) is 0 Å². The summed E-state index contributed by atoms with van der Waals surface area (Å²) in [6, 6.07) is 0. The van der Waals surface area contributed by atoms with Gasteiger partial charge in [0.1, 0.15) is 5.82 Å². The van der Waals surface area contributed by atoms with Crippen molar-refractivity contribution in [2.45, 2.75) is 37.9 Å². The summed E-state index contributed by atoms with van der Waals surface area (Å²) in [6.07, 6.45) is 4.17. The molecule has 1 fully saturated rings. The highest BCUT2D eigenvalue weighted by atomic mass is 32.2. The minimum atomic E-state index is 0.648. The van der Waals surface area contributed by atoms with Gasteiger partial charge in [-0.2, -0.15) is 0 Å². The van der Waals surface area contributed by atoms with Crippen LogP contribution in [0.15, 0.2) is 5.16 Å². The molecule has 15 heavy (non-hydrogen) atoms. The molecule has 0 spiro atoms. The van der Waals surface area contributed by atoms with E-state index in [2.05, 4.69) is 14.8 Å². The molecule has 0 amide bonds. The highest BCUT2D eigenvalue weighted by Gasteiger charge is 2.21. The Bertz CT molecular complexity index is 319. The normalized spacial score (nSPS) is 15.9. The Balaban J connectivity index is 1.87. The van der Waals surface area contributed by atoms with E-state index >= 15 is 0 Å².